The molecule has 7 nitrogen and oxygen atoms in total. The van der Waals surface area contributed by atoms with Gasteiger partial charge in [-0.25, -0.2) is 8.42 Å². The number of rotatable bonds is 12. The number of para-hydroxylation sites is 1. The Balaban J connectivity index is 1.70. The van der Waals surface area contributed by atoms with Crippen molar-refractivity contribution in [2.45, 2.75) is 49.9 Å². The molecule has 9 heteroatoms. The Morgan fingerprint density at radius 3 is 2.42 bits per heavy atom. The zero-order valence-electron chi connectivity index (χ0n) is 21.8. The van der Waals surface area contributed by atoms with Crippen LogP contribution in [0.2, 0.25) is 19.6 Å². The molecule has 0 aromatic heterocycles. The molecule has 0 aliphatic carbocycles. The van der Waals surface area contributed by atoms with Gasteiger partial charge < -0.3 is 14.3 Å². The lowest BCUT2D eigenvalue weighted by atomic mass is 10.1. The van der Waals surface area contributed by atoms with Crippen molar-refractivity contribution in [3.05, 3.63) is 90.0 Å². The molecule has 0 amide bonds. The summed E-state index contributed by atoms with van der Waals surface area (Å²) >= 11 is 0. The minimum absolute atomic E-state index is 0.0355. The topological polar surface area (TPSA) is 102 Å². The van der Waals surface area contributed by atoms with Gasteiger partial charge in [-0.1, -0.05) is 54.3 Å². The molecule has 0 radical (unpaired) electrons. The second-order valence-corrected chi connectivity index (χ2v) is 15.8. The Kier molecular flexibility index (Phi) is 10.1. The van der Waals surface area contributed by atoms with Gasteiger partial charge in [0.15, 0.2) is 8.32 Å². The molecule has 0 saturated carbocycles. The van der Waals surface area contributed by atoms with Crippen LogP contribution in [0.3, 0.4) is 0 Å². The van der Waals surface area contributed by atoms with Crippen LogP contribution in [-0.2, 0) is 25.7 Å². The molecule has 0 spiro atoms. The SMILES string of the molecule is C[Si](C)(C)O[C@@H](C#Cc1cccc(NS(=O)(=O)c2ccccc2)c1)CCOc1ccccc1CCC(=O)O. The largest absolute Gasteiger partial charge is 0.493 e. The first kappa shape index (κ1) is 29.0. The van der Waals surface area contributed by atoms with E-state index in [9.17, 15) is 13.2 Å². The summed E-state index contributed by atoms with van der Waals surface area (Å²) in [7, 11) is -5.62. The first-order valence-electron chi connectivity index (χ1n) is 12.3. The summed E-state index contributed by atoms with van der Waals surface area (Å²) in [4.78, 5) is 11.1. The van der Waals surface area contributed by atoms with E-state index in [1.807, 2.05) is 30.3 Å². The number of aliphatic carboxylic acids is 1. The van der Waals surface area contributed by atoms with E-state index in [-0.39, 0.29) is 17.4 Å². The summed E-state index contributed by atoms with van der Waals surface area (Å²) in [6.45, 7) is 6.61. The Morgan fingerprint density at radius 1 is 1.00 bits per heavy atom. The third kappa shape index (κ3) is 9.71. The number of benzene rings is 3. The molecule has 1 atom stereocenters. The third-order valence-corrected chi connectivity index (χ3v) is 7.65. The van der Waals surface area contributed by atoms with Crippen LogP contribution >= 0.6 is 0 Å². The number of ether oxygens (including phenoxy) is 1. The van der Waals surface area contributed by atoms with E-state index < -0.39 is 24.3 Å². The molecule has 200 valence electrons. The fourth-order valence-electron chi connectivity index (χ4n) is 3.59. The Bertz CT molecular complexity index is 1390. The number of hydrogen-bond acceptors (Lipinski definition) is 5. The number of anilines is 1. The molecular formula is C29H33NO6SSi. The van der Waals surface area contributed by atoms with Crippen LogP contribution in [0.5, 0.6) is 5.75 Å². The van der Waals surface area contributed by atoms with Gasteiger partial charge in [0.1, 0.15) is 11.9 Å². The molecular weight excluding hydrogens is 518 g/mol. The van der Waals surface area contributed by atoms with Crippen molar-refractivity contribution in [2.24, 2.45) is 0 Å². The number of sulfonamides is 1. The third-order valence-electron chi connectivity index (χ3n) is 5.26. The standard InChI is InChI=1S/C29H33NO6SSi/c1-38(2,3)36-26(20-21-35-28-15-8-7-11-24(28)17-19-29(31)32)18-16-23-10-9-12-25(22-23)30-37(33,34)27-13-5-4-6-14-27/h4-15,22,26,30H,17,19-21H2,1-3H3,(H,31,32)/t26-/m0/s1. The van der Waals surface area contributed by atoms with Crippen molar-refractivity contribution in [2.75, 3.05) is 11.3 Å². The number of carboxylic acid groups (broad SMARTS) is 1. The summed E-state index contributed by atoms with van der Waals surface area (Å²) in [6.07, 6.45) is 0.570. The summed E-state index contributed by atoms with van der Waals surface area (Å²) in [5.41, 5.74) is 1.92. The average molecular weight is 552 g/mol. The van der Waals surface area contributed by atoms with Gasteiger partial charge >= 0.3 is 5.97 Å². The van der Waals surface area contributed by atoms with E-state index in [0.29, 0.717) is 36.4 Å². The molecule has 3 rings (SSSR count). The van der Waals surface area contributed by atoms with Crippen LogP contribution in [0.25, 0.3) is 0 Å². The normalized spacial score (nSPS) is 12.2. The molecule has 38 heavy (non-hydrogen) atoms. The van der Waals surface area contributed by atoms with Crippen molar-refractivity contribution in [1.29, 1.82) is 0 Å². The molecule has 0 unspecified atom stereocenters. The maximum absolute atomic E-state index is 12.7. The lowest BCUT2D eigenvalue weighted by Crippen LogP contribution is -2.32. The lowest BCUT2D eigenvalue weighted by molar-refractivity contribution is -0.136. The smallest absolute Gasteiger partial charge is 0.303 e. The second-order valence-electron chi connectivity index (χ2n) is 9.63. The van der Waals surface area contributed by atoms with Crippen molar-refractivity contribution in [3.63, 3.8) is 0 Å². The quantitative estimate of drug-likeness (QED) is 0.226. The summed E-state index contributed by atoms with van der Waals surface area (Å²) in [5, 5.41) is 9.00. The van der Waals surface area contributed by atoms with Crippen molar-refractivity contribution in [1.82, 2.24) is 0 Å². The molecule has 0 aliphatic heterocycles. The Morgan fingerprint density at radius 2 is 1.71 bits per heavy atom. The van der Waals surface area contributed by atoms with Gasteiger partial charge in [-0.3, -0.25) is 9.52 Å². The van der Waals surface area contributed by atoms with Crippen LogP contribution in [0.15, 0.2) is 83.8 Å². The summed E-state index contributed by atoms with van der Waals surface area (Å²) in [5.74, 6) is 6.11. The van der Waals surface area contributed by atoms with Crippen molar-refractivity contribution in [3.8, 4) is 17.6 Å². The summed E-state index contributed by atoms with van der Waals surface area (Å²) < 4.78 is 40.2. The van der Waals surface area contributed by atoms with Crippen LogP contribution < -0.4 is 9.46 Å². The minimum atomic E-state index is -3.70. The molecule has 3 aromatic carbocycles. The first-order valence-corrected chi connectivity index (χ1v) is 17.2. The van der Waals surface area contributed by atoms with Gasteiger partial charge in [0.25, 0.3) is 10.0 Å². The lowest BCUT2D eigenvalue weighted by Gasteiger charge is -2.23. The van der Waals surface area contributed by atoms with Crippen LogP contribution in [0.4, 0.5) is 5.69 Å². The van der Waals surface area contributed by atoms with E-state index in [2.05, 4.69) is 36.2 Å². The zero-order valence-corrected chi connectivity index (χ0v) is 23.6. The van der Waals surface area contributed by atoms with E-state index in [0.717, 1.165) is 5.56 Å². The molecule has 0 bridgehead atoms. The monoisotopic (exact) mass is 551 g/mol. The number of nitrogens with one attached hydrogen (secondary N) is 1. The van der Waals surface area contributed by atoms with E-state index >= 15 is 0 Å². The number of aryl methyl sites for hydroxylation is 1. The van der Waals surface area contributed by atoms with Gasteiger partial charge in [0.05, 0.1) is 17.2 Å². The molecule has 2 N–H and O–H groups in total. The maximum Gasteiger partial charge on any atom is 0.303 e. The first-order chi connectivity index (χ1) is 18.0. The maximum atomic E-state index is 12.7. The van der Waals surface area contributed by atoms with E-state index in [1.165, 1.54) is 12.1 Å². The van der Waals surface area contributed by atoms with Gasteiger partial charge in [-0.05, 0) is 68.0 Å². The van der Waals surface area contributed by atoms with Crippen LogP contribution in [0.1, 0.15) is 24.0 Å². The van der Waals surface area contributed by atoms with Gasteiger partial charge in [-0.15, -0.1) is 0 Å². The second kappa shape index (κ2) is 13.3. The van der Waals surface area contributed by atoms with Gasteiger partial charge in [0, 0.05) is 18.4 Å². The van der Waals surface area contributed by atoms with Gasteiger partial charge in [-0.2, -0.15) is 0 Å². The summed E-state index contributed by atoms with van der Waals surface area (Å²) in [6, 6.07) is 22.5. The predicted molar refractivity (Wildman–Crippen MR) is 151 cm³/mol. The number of carbonyl (C=O) groups is 1. The highest BCUT2D eigenvalue weighted by molar-refractivity contribution is 7.92. The van der Waals surface area contributed by atoms with E-state index in [1.54, 1.807) is 36.4 Å². The van der Waals surface area contributed by atoms with E-state index in [4.69, 9.17) is 14.3 Å². The fourth-order valence-corrected chi connectivity index (χ4v) is 5.69. The Labute approximate surface area is 226 Å². The molecule has 0 fully saturated rings. The van der Waals surface area contributed by atoms with Crippen molar-refractivity contribution >= 4 is 30.0 Å². The number of hydrogen-bond donors (Lipinski definition) is 2. The molecule has 0 saturated heterocycles. The molecule has 0 heterocycles. The van der Waals surface area contributed by atoms with Gasteiger partial charge in [0.2, 0.25) is 0 Å². The minimum Gasteiger partial charge on any atom is -0.493 e. The zero-order chi connectivity index (χ0) is 27.6. The molecule has 3 aromatic rings. The number of carboxylic acids is 1. The highest BCUT2D eigenvalue weighted by Crippen LogP contribution is 2.21. The van der Waals surface area contributed by atoms with Crippen LogP contribution in [-0.4, -0.2) is 40.5 Å². The predicted octanol–water partition coefficient (Wildman–Crippen LogP) is 5.55. The fraction of sp³-hybridized carbons (Fsp3) is 0.276. The average Bonchev–Trinajstić information content (AvgIpc) is 2.86. The highest BCUT2D eigenvalue weighted by atomic mass is 32.2. The van der Waals surface area contributed by atoms with Crippen LogP contribution in [0, 0.1) is 11.8 Å². The molecule has 0 aliphatic rings. The highest BCUT2D eigenvalue weighted by Gasteiger charge is 2.20. The van der Waals surface area contributed by atoms with Crippen molar-refractivity contribution < 1.29 is 27.5 Å². The Hall–Kier alpha value is -3.58.